The minimum Gasteiger partial charge on any atom is -0.453 e. The maximum absolute atomic E-state index is 14.9. The standard InChI is InChI=1S/C37H49F3N4O4S/c1-48-35(45)41-34-8-3-7-33(34)37(25-43-15-4-16-43,28-5-2-6-29(38)19-28)27-13-17-42(18-14-27)22-26-23-44(24-26)30-9-11-31(12-10-30)49(46,47)32-20-36(39,40)21-32/h2,5-6,9-12,19,26-27,32-34H,3-4,7-8,13-18,20-25H2,1H3,(H,41,45)/t33-,34-,37?/m0/s1. The predicted molar refractivity (Wildman–Crippen MR) is 182 cm³/mol. The predicted octanol–water partition coefficient (Wildman–Crippen LogP) is 5.71. The molecule has 0 aromatic heterocycles. The van der Waals surface area contributed by atoms with Gasteiger partial charge in [0.15, 0.2) is 9.84 Å². The summed E-state index contributed by atoms with van der Waals surface area (Å²) in [5.41, 5.74) is 1.72. The second-order valence-electron chi connectivity index (χ2n) is 15.2. The van der Waals surface area contributed by atoms with Gasteiger partial charge in [-0.1, -0.05) is 18.6 Å². The van der Waals surface area contributed by atoms with Crippen LogP contribution in [-0.4, -0.2) is 101 Å². The third-order valence-corrected chi connectivity index (χ3v) is 14.4. The first-order valence-electron chi connectivity index (χ1n) is 18.0. The number of methoxy groups -OCH3 is 1. The fourth-order valence-electron chi connectivity index (χ4n) is 9.49. The Labute approximate surface area is 288 Å². The highest BCUT2D eigenvalue weighted by Crippen LogP contribution is 2.51. The van der Waals surface area contributed by atoms with Gasteiger partial charge in [0, 0.05) is 62.1 Å². The van der Waals surface area contributed by atoms with E-state index < -0.39 is 39.9 Å². The third-order valence-electron chi connectivity index (χ3n) is 12.3. The van der Waals surface area contributed by atoms with Crippen LogP contribution in [0.25, 0.3) is 0 Å². The highest BCUT2D eigenvalue weighted by atomic mass is 32.2. The van der Waals surface area contributed by atoms with Crippen molar-refractivity contribution >= 4 is 21.6 Å². The van der Waals surface area contributed by atoms with Crippen molar-refractivity contribution in [1.82, 2.24) is 15.1 Å². The number of benzene rings is 2. The molecule has 2 aliphatic carbocycles. The number of alkyl carbamates (subject to hydrolysis) is 1. The first-order chi connectivity index (χ1) is 23.5. The molecule has 5 fully saturated rings. The molecule has 2 saturated carbocycles. The van der Waals surface area contributed by atoms with E-state index in [-0.39, 0.29) is 28.1 Å². The first-order valence-corrected chi connectivity index (χ1v) is 19.5. The van der Waals surface area contributed by atoms with E-state index in [1.54, 1.807) is 30.3 Å². The molecular weight excluding hydrogens is 653 g/mol. The molecule has 8 nitrogen and oxygen atoms in total. The molecule has 2 aromatic carbocycles. The van der Waals surface area contributed by atoms with Crippen LogP contribution >= 0.6 is 0 Å². The average Bonchev–Trinajstić information content (AvgIpc) is 3.50. The lowest BCUT2D eigenvalue weighted by Gasteiger charge is -2.54. The second kappa shape index (κ2) is 13.7. The van der Waals surface area contributed by atoms with Gasteiger partial charge in [0.2, 0.25) is 0 Å². The second-order valence-corrected chi connectivity index (χ2v) is 17.5. The number of rotatable bonds is 11. The van der Waals surface area contributed by atoms with Gasteiger partial charge in [0.05, 0.1) is 17.3 Å². The van der Waals surface area contributed by atoms with Gasteiger partial charge in [0.1, 0.15) is 5.82 Å². The fourth-order valence-corrected chi connectivity index (χ4v) is 11.3. The van der Waals surface area contributed by atoms with Crippen molar-refractivity contribution in [3.8, 4) is 0 Å². The molecule has 7 rings (SSSR count). The molecule has 0 bridgehead atoms. The van der Waals surface area contributed by atoms with Crippen LogP contribution in [-0.2, 0) is 20.0 Å². The van der Waals surface area contributed by atoms with Crippen molar-refractivity contribution in [2.24, 2.45) is 17.8 Å². The highest BCUT2D eigenvalue weighted by molar-refractivity contribution is 7.92. The first kappa shape index (κ1) is 34.6. The van der Waals surface area contributed by atoms with Crippen LogP contribution in [0.1, 0.15) is 56.9 Å². The van der Waals surface area contributed by atoms with Crippen LogP contribution in [0.4, 0.5) is 23.7 Å². The lowest BCUT2D eigenvalue weighted by atomic mass is 9.57. The number of halogens is 3. The smallest absolute Gasteiger partial charge is 0.407 e. The zero-order valence-electron chi connectivity index (χ0n) is 28.3. The number of amides is 1. The molecule has 12 heteroatoms. The summed E-state index contributed by atoms with van der Waals surface area (Å²) in [6.45, 7) is 7.65. The van der Waals surface area contributed by atoms with E-state index in [9.17, 15) is 26.4 Å². The van der Waals surface area contributed by atoms with Crippen molar-refractivity contribution in [3.63, 3.8) is 0 Å². The number of alkyl halides is 2. The Kier molecular flexibility index (Phi) is 9.69. The zero-order valence-corrected chi connectivity index (χ0v) is 29.2. The number of carbonyl (C=O) groups is 1. The number of ether oxygens (including phenoxy) is 1. The Morgan fingerprint density at radius 2 is 1.67 bits per heavy atom. The minimum atomic E-state index is -3.74. The number of hydrogen-bond donors (Lipinski definition) is 1. The summed E-state index contributed by atoms with van der Waals surface area (Å²) < 4.78 is 72.0. The highest BCUT2D eigenvalue weighted by Gasteiger charge is 2.54. The topological polar surface area (TPSA) is 82.2 Å². The Balaban J connectivity index is 1.000. The van der Waals surface area contributed by atoms with Crippen LogP contribution in [0.15, 0.2) is 53.4 Å². The fraction of sp³-hybridized carbons (Fsp3) is 0.649. The Morgan fingerprint density at radius 1 is 0.959 bits per heavy atom. The lowest BCUT2D eigenvalue weighted by molar-refractivity contribution is -0.0685. The Bertz CT molecular complexity index is 1580. The van der Waals surface area contributed by atoms with Gasteiger partial charge in [-0.05, 0) is 112 Å². The molecule has 2 aromatic rings. The van der Waals surface area contributed by atoms with Crippen molar-refractivity contribution in [3.05, 3.63) is 59.9 Å². The summed E-state index contributed by atoms with van der Waals surface area (Å²) in [5, 5.41) is 2.16. The number of nitrogens with one attached hydrogen (secondary N) is 1. The number of carbonyl (C=O) groups excluding carboxylic acids is 1. The van der Waals surface area contributed by atoms with Gasteiger partial charge >= 0.3 is 6.09 Å². The van der Waals surface area contributed by atoms with E-state index in [1.807, 2.05) is 6.07 Å². The summed E-state index contributed by atoms with van der Waals surface area (Å²) in [7, 11) is -2.33. The van der Waals surface area contributed by atoms with E-state index in [2.05, 4.69) is 26.1 Å². The molecule has 1 N–H and O–H groups in total. The maximum Gasteiger partial charge on any atom is 0.407 e. The third kappa shape index (κ3) is 6.94. The SMILES string of the molecule is COC(=O)N[C@H]1CCC[C@@H]1C(CN1CCC1)(c1cccc(F)c1)C1CCN(CC2CN(c3ccc(S(=O)(=O)C4CC(F)(F)C4)cc3)C2)CC1. The van der Waals surface area contributed by atoms with Gasteiger partial charge in [-0.3, -0.25) is 0 Å². The number of piperidine rings is 1. The molecular formula is C37H49F3N4O4S. The minimum absolute atomic E-state index is 0.0203. The van der Waals surface area contributed by atoms with Crippen molar-refractivity contribution in [2.45, 2.75) is 78.9 Å². The molecule has 0 spiro atoms. The van der Waals surface area contributed by atoms with E-state index in [4.69, 9.17) is 4.74 Å². The van der Waals surface area contributed by atoms with Crippen LogP contribution in [0.5, 0.6) is 0 Å². The molecule has 268 valence electrons. The van der Waals surface area contributed by atoms with E-state index in [1.165, 1.54) is 19.6 Å². The summed E-state index contributed by atoms with van der Waals surface area (Å²) in [4.78, 5) is 19.9. The van der Waals surface area contributed by atoms with Crippen molar-refractivity contribution < 1.29 is 31.1 Å². The number of sulfone groups is 1. The Hall–Kier alpha value is -2.83. The van der Waals surface area contributed by atoms with E-state index in [0.717, 1.165) is 95.7 Å². The summed E-state index contributed by atoms with van der Waals surface area (Å²) in [6.07, 6.45) is 4.49. The molecule has 1 unspecified atom stereocenters. The molecule has 3 saturated heterocycles. The average molecular weight is 703 g/mol. The number of anilines is 1. The summed E-state index contributed by atoms with van der Waals surface area (Å²) >= 11 is 0. The lowest BCUT2D eigenvalue weighted by Crippen LogP contribution is -2.60. The molecule has 3 atom stereocenters. The van der Waals surface area contributed by atoms with Gasteiger partial charge in [-0.15, -0.1) is 0 Å². The van der Waals surface area contributed by atoms with Crippen molar-refractivity contribution in [2.75, 3.05) is 64.4 Å². The summed E-state index contributed by atoms with van der Waals surface area (Å²) in [6, 6.07) is 13.9. The van der Waals surface area contributed by atoms with Crippen LogP contribution in [0.3, 0.4) is 0 Å². The molecule has 3 aliphatic heterocycles. The molecule has 49 heavy (non-hydrogen) atoms. The van der Waals surface area contributed by atoms with Gasteiger partial charge in [-0.2, -0.15) is 0 Å². The van der Waals surface area contributed by atoms with E-state index >= 15 is 0 Å². The summed E-state index contributed by atoms with van der Waals surface area (Å²) in [5.74, 6) is -2.07. The number of hydrogen-bond acceptors (Lipinski definition) is 7. The maximum atomic E-state index is 14.9. The van der Waals surface area contributed by atoms with E-state index in [0.29, 0.717) is 11.8 Å². The molecule has 0 radical (unpaired) electrons. The Morgan fingerprint density at radius 3 is 2.29 bits per heavy atom. The van der Waals surface area contributed by atoms with Crippen molar-refractivity contribution in [1.29, 1.82) is 0 Å². The normalized spacial score (nSPS) is 26.7. The van der Waals surface area contributed by atoms with Gasteiger partial charge in [-0.25, -0.2) is 26.4 Å². The van der Waals surface area contributed by atoms with Crippen LogP contribution < -0.4 is 10.2 Å². The van der Waals surface area contributed by atoms with Gasteiger partial charge in [0.25, 0.3) is 5.92 Å². The molecule has 5 aliphatic rings. The van der Waals surface area contributed by atoms with Crippen LogP contribution in [0, 0.1) is 23.6 Å². The number of nitrogens with zero attached hydrogens (tertiary/aromatic N) is 3. The largest absolute Gasteiger partial charge is 0.453 e. The number of likely N-dealkylation sites (tertiary alicyclic amines) is 2. The zero-order chi connectivity index (χ0) is 34.4. The molecule has 3 heterocycles. The van der Waals surface area contributed by atoms with Crippen LogP contribution in [0.2, 0.25) is 0 Å². The van der Waals surface area contributed by atoms with Gasteiger partial charge < -0.3 is 24.8 Å². The monoisotopic (exact) mass is 702 g/mol. The molecule has 1 amide bonds. The quantitative estimate of drug-likeness (QED) is 0.321.